The maximum atomic E-state index is 13.0. The lowest BCUT2D eigenvalue weighted by Crippen LogP contribution is -1.85. The molecule has 0 amide bonds. The van der Waals surface area contributed by atoms with Gasteiger partial charge in [0.15, 0.2) is 0 Å². The first-order chi connectivity index (χ1) is 6.18. The second-order valence-electron chi connectivity index (χ2n) is 3.06. The fraction of sp³-hybridized carbons (Fsp3) is 0.200. The molecule has 2 aromatic rings. The van der Waals surface area contributed by atoms with Gasteiger partial charge in [-0.2, -0.15) is 0 Å². The molecule has 2 N–H and O–H groups in total. The molecule has 0 fully saturated rings. The van der Waals surface area contributed by atoms with E-state index < -0.39 is 6.17 Å². The summed E-state index contributed by atoms with van der Waals surface area (Å²) in [7, 11) is 0. The fourth-order valence-electron chi connectivity index (χ4n) is 1.37. The average Bonchev–Trinajstić information content (AvgIpc) is 2.46. The lowest BCUT2D eigenvalue weighted by atomic mass is 10.1. The Balaban J connectivity index is 2.71. The first kappa shape index (κ1) is 8.10. The third kappa shape index (κ3) is 1.26. The summed E-state index contributed by atoms with van der Waals surface area (Å²) >= 11 is 0. The van der Waals surface area contributed by atoms with E-state index in [9.17, 15) is 4.39 Å². The van der Waals surface area contributed by atoms with Crippen LogP contribution < -0.4 is 5.73 Å². The summed E-state index contributed by atoms with van der Waals surface area (Å²) in [5.41, 5.74) is 7.44. The minimum atomic E-state index is -1.02. The number of benzene rings is 1. The molecule has 1 atom stereocenters. The van der Waals surface area contributed by atoms with Gasteiger partial charge >= 0.3 is 0 Å². The third-order valence-corrected chi connectivity index (χ3v) is 2.06. The highest BCUT2D eigenvalue weighted by atomic mass is 19.1. The molecule has 0 saturated heterocycles. The summed E-state index contributed by atoms with van der Waals surface area (Å²) in [6, 6.07) is 5.21. The zero-order valence-corrected chi connectivity index (χ0v) is 7.25. The van der Waals surface area contributed by atoms with Crippen LogP contribution in [0.5, 0.6) is 0 Å². The van der Waals surface area contributed by atoms with Gasteiger partial charge in [-0.15, -0.1) is 0 Å². The molecule has 0 aliphatic rings. The van der Waals surface area contributed by atoms with Crippen LogP contribution in [0.2, 0.25) is 0 Å². The van der Waals surface area contributed by atoms with E-state index in [4.69, 9.17) is 10.2 Å². The normalized spacial score (nSPS) is 13.4. The van der Waals surface area contributed by atoms with E-state index in [0.717, 1.165) is 5.39 Å². The van der Waals surface area contributed by atoms with Gasteiger partial charge in [0.1, 0.15) is 11.8 Å². The molecule has 2 rings (SSSR count). The Morgan fingerprint density at radius 2 is 2.23 bits per heavy atom. The molecular weight excluding hydrogens is 169 g/mol. The Morgan fingerprint density at radius 3 is 2.92 bits per heavy atom. The van der Waals surface area contributed by atoms with Crippen molar-refractivity contribution in [2.75, 3.05) is 5.73 Å². The molecule has 0 radical (unpaired) electrons. The quantitative estimate of drug-likeness (QED) is 0.683. The van der Waals surface area contributed by atoms with Crippen molar-refractivity contribution in [2.45, 2.75) is 13.1 Å². The molecule has 3 heteroatoms. The summed E-state index contributed by atoms with van der Waals surface area (Å²) < 4.78 is 18.2. The van der Waals surface area contributed by atoms with Gasteiger partial charge in [-0.1, -0.05) is 0 Å². The van der Waals surface area contributed by atoms with Crippen LogP contribution in [0.15, 0.2) is 28.9 Å². The smallest absolute Gasteiger partial charge is 0.134 e. The Morgan fingerprint density at radius 1 is 1.46 bits per heavy atom. The number of nitrogen functional groups attached to an aromatic ring is 1. The molecule has 68 valence electrons. The Hall–Kier alpha value is -1.51. The number of alkyl halides is 1. The molecule has 1 heterocycles. The first-order valence-corrected chi connectivity index (χ1v) is 4.09. The van der Waals surface area contributed by atoms with Crippen LogP contribution in [0, 0.1) is 0 Å². The minimum absolute atomic E-state index is 0.558. The van der Waals surface area contributed by atoms with Crippen LogP contribution in [-0.2, 0) is 0 Å². The second kappa shape index (κ2) is 2.76. The van der Waals surface area contributed by atoms with E-state index in [1.165, 1.54) is 13.2 Å². The van der Waals surface area contributed by atoms with Gasteiger partial charge in [-0.25, -0.2) is 4.39 Å². The second-order valence-corrected chi connectivity index (χ2v) is 3.06. The number of nitrogens with two attached hydrogens (primary N) is 1. The zero-order chi connectivity index (χ0) is 9.42. The van der Waals surface area contributed by atoms with Gasteiger partial charge in [0.2, 0.25) is 0 Å². The lowest BCUT2D eigenvalue weighted by molar-refractivity contribution is 0.373. The number of furan rings is 1. The molecule has 0 saturated carbocycles. The Labute approximate surface area is 75.1 Å². The largest absolute Gasteiger partial charge is 0.464 e. The van der Waals surface area contributed by atoms with E-state index >= 15 is 0 Å². The van der Waals surface area contributed by atoms with Crippen molar-refractivity contribution in [2.24, 2.45) is 0 Å². The van der Waals surface area contributed by atoms with Gasteiger partial charge in [-0.3, -0.25) is 0 Å². The van der Waals surface area contributed by atoms with Crippen LogP contribution in [0.1, 0.15) is 18.7 Å². The van der Waals surface area contributed by atoms with E-state index in [2.05, 4.69) is 0 Å². The highest BCUT2D eigenvalue weighted by Crippen LogP contribution is 2.29. The first-order valence-electron chi connectivity index (χ1n) is 4.09. The van der Waals surface area contributed by atoms with Gasteiger partial charge in [0.05, 0.1) is 6.26 Å². The van der Waals surface area contributed by atoms with E-state index in [1.54, 1.807) is 18.2 Å². The molecule has 1 aromatic heterocycles. The molecule has 0 aliphatic carbocycles. The van der Waals surface area contributed by atoms with E-state index in [0.29, 0.717) is 16.8 Å². The summed E-state index contributed by atoms with van der Waals surface area (Å²) in [4.78, 5) is 0. The molecule has 0 spiro atoms. The molecule has 1 unspecified atom stereocenters. The number of fused-ring (bicyclic) bond motifs is 1. The van der Waals surface area contributed by atoms with Crippen LogP contribution in [0.3, 0.4) is 0 Å². The van der Waals surface area contributed by atoms with Crippen molar-refractivity contribution < 1.29 is 8.81 Å². The van der Waals surface area contributed by atoms with Crippen molar-refractivity contribution in [3.05, 3.63) is 30.0 Å². The molecule has 1 aromatic carbocycles. The SMILES string of the molecule is CC(F)c1coc2ccc(N)cc12. The molecule has 0 aliphatic heterocycles. The van der Waals surface area contributed by atoms with Crippen LogP contribution in [-0.4, -0.2) is 0 Å². The predicted molar refractivity (Wildman–Crippen MR) is 50.1 cm³/mol. The number of hydrogen-bond donors (Lipinski definition) is 1. The molecule has 0 bridgehead atoms. The van der Waals surface area contributed by atoms with Gasteiger partial charge in [-0.05, 0) is 25.1 Å². The maximum absolute atomic E-state index is 13.0. The van der Waals surface area contributed by atoms with Crippen LogP contribution >= 0.6 is 0 Å². The predicted octanol–water partition coefficient (Wildman–Crippen LogP) is 3.05. The number of rotatable bonds is 1. The van der Waals surface area contributed by atoms with E-state index in [1.807, 2.05) is 0 Å². The van der Waals surface area contributed by atoms with Crippen LogP contribution in [0.25, 0.3) is 11.0 Å². The van der Waals surface area contributed by atoms with Crippen molar-refractivity contribution in [1.82, 2.24) is 0 Å². The third-order valence-electron chi connectivity index (χ3n) is 2.06. The van der Waals surface area contributed by atoms with Crippen molar-refractivity contribution in [1.29, 1.82) is 0 Å². The maximum Gasteiger partial charge on any atom is 0.134 e. The van der Waals surface area contributed by atoms with Gasteiger partial charge in [0.25, 0.3) is 0 Å². The standard InChI is InChI=1S/C10H10FNO/c1-6(11)9-5-13-10-3-2-7(12)4-8(9)10/h2-6H,12H2,1H3. The number of halogens is 1. The van der Waals surface area contributed by atoms with E-state index in [-0.39, 0.29) is 0 Å². The summed E-state index contributed by atoms with van der Waals surface area (Å²) in [6.07, 6.45) is 0.414. The van der Waals surface area contributed by atoms with Gasteiger partial charge in [0, 0.05) is 16.6 Å². The Bertz CT molecular complexity index is 433. The summed E-state index contributed by atoms with van der Waals surface area (Å²) in [5, 5.41) is 0.759. The fourth-order valence-corrected chi connectivity index (χ4v) is 1.37. The van der Waals surface area contributed by atoms with Crippen molar-refractivity contribution >= 4 is 16.7 Å². The van der Waals surface area contributed by atoms with Crippen LogP contribution in [0.4, 0.5) is 10.1 Å². The topological polar surface area (TPSA) is 39.2 Å². The average molecular weight is 179 g/mol. The summed E-state index contributed by atoms with van der Waals surface area (Å²) in [5.74, 6) is 0. The van der Waals surface area contributed by atoms with Crippen molar-refractivity contribution in [3.63, 3.8) is 0 Å². The monoisotopic (exact) mass is 179 g/mol. The lowest BCUT2D eigenvalue weighted by Gasteiger charge is -1.97. The van der Waals surface area contributed by atoms with Crippen molar-refractivity contribution in [3.8, 4) is 0 Å². The summed E-state index contributed by atoms with van der Waals surface area (Å²) in [6.45, 7) is 1.48. The van der Waals surface area contributed by atoms with Gasteiger partial charge < -0.3 is 10.2 Å². The highest BCUT2D eigenvalue weighted by molar-refractivity contribution is 5.84. The number of anilines is 1. The molecule has 13 heavy (non-hydrogen) atoms. The highest BCUT2D eigenvalue weighted by Gasteiger charge is 2.11. The zero-order valence-electron chi connectivity index (χ0n) is 7.25. The Kier molecular flexibility index (Phi) is 1.72. The number of hydrogen-bond acceptors (Lipinski definition) is 2. The minimum Gasteiger partial charge on any atom is -0.464 e. The molecular formula is C10H10FNO. The molecule has 2 nitrogen and oxygen atoms in total.